The minimum atomic E-state index is -2.01. The molecule has 0 spiro atoms. The molecule has 0 rings (SSSR count). The minimum Gasteiger partial charge on any atom is -0.426 e. The Morgan fingerprint density at radius 1 is 1.45 bits per heavy atom. The Morgan fingerprint density at radius 3 is 2.18 bits per heavy atom. The highest BCUT2D eigenvalue weighted by Crippen LogP contribution is 1.98. The quantitative estimate of drug-likeness (QED) is 0.469. The molecule has 3 nitrogen and oxygen atoms in total. The molecule has 0 aliphatic rings. The molecule has 0 saturated carbocycles. The van der Waals surface area contributed by atoms with Crippen LogP contribution in [0.3, 0.4) is 0 Å². The number of hydrogen-bond acceptors (Lipinski definition) is 3. The van der Waals surface area contributed by atoms with Gasteiger partial charge >= 0.3 is 0 Å². The van der Waals surface area contributed by atoms with Crippen molar-refractivity contribution in [1.29, 1.82) is 0 Å². The first kappa shape index (κ1) is 10.8. The number of hydrogen-bond donors (Lipinski definition) is 1. The predicted molar refractivity (Wildman–Crippen MR) is 46.6 cm³/mol. The second kappa shape index (κ2) is 6.54. The van der Waals surface area contributed by atoms with E-state index in [4.69, 9.17) is 9.47 Å². The van der Waals surface area contributed by atoms with E-state index < -0.39 is 15.0 Å². The molecule has 0 aliphatic carbocycles. The first-order chi connectivity index (χ1) is 5.26. The van der Waals surface area contributed by atoms with E-state index in [2.05, 4.69) is 6.58 Å². The van der Waals surface area contributed by atoms with Crippen molar-refractivity contribution in [1.82, 2.24) is 0 Å². The molecule has 4 heteroatoms. The average molecular weight is 176 g/mol. The third-order valence-corrected chi connectivity index (χ3v) is 2.61. The SMILES string of the molecule is C=C[SiH](O)C(OCC)OCC. The van der Waals surface area contributed by atoms with Gasteiger partial charge in [-0.05, 0) is 13.8 Å². The summed E-state index contributed by atoms with van der Waals surface area (Å²) in [6.45, 7) is 8.36. The molecule has 0 aliphatic heterocycles. The molecule has 0 amide bonds. The van der Waals surface area contributed by atoms with Crippen molar-refractivity contribution in [3.05, 3.63) is 12.3 Å². The molecule has 11 heavy (non-hydrogen) atoms. The Bertz CT molecular complexity index is 102. The van der Waals surface area contributed by atoms with Crippen LogP contribution in [-0.2, 0) is 9.47 Å². The van der Waals surface area contributed by atoms with E-state index in [0.717, 1.165) is 0 Å². The number of ether oxygens (including phenoxy) is 2. The zero-order valence-corrected chi connectivity index (χ0v) is 8.27. The molecular weight excluding hydrogens is 160 g/mol. The molecule has 1 atom stereocenters. The highest BCUT2D eigenvalue weighted by atomic mass is 28.3. The van der Waals surface area contributed by atoms with Gasteiger partial charge in [-0.2, -0.15) is 0 Å². The summed E-state index contributed by atoms with van der Waals surface area (Å²) < 4.78 is 10.3. The van der Waals surface area contributed by atoms with Gasteiger partial charge in [0.2, 0.25) is 0 Å². The van der Waals surface area contributed by atoms with Gasteiger partial charge in [0.1, 0.15) is 0 Å². The van der Waals surface area contributed by atoms with Crippen LogP contribution < -0.4 is 0 Å². The van der Waals surface area contributed by atoms with Gasteiger partial charge in [-0.1, -0.05) is 5.70 Å². The van der Waals surface area contributed by atoms with Gasteiger partial charge < -0.3 is 14.3 Å². The van der Waals surface area contributed by atoms with Crippen molar-refractivity contribution < 1.29 is 14.3 Å². The molecule has 1 unspecified atom stereocenters. The van der Waals surface area contributed by atoms with E-state index in [1.165, 1.54) is 5.70 Å². The van der Waals surface area contributed by atoms with Crippen LogP contribution in [0, 0.1) is 0 Å². The van der Waals surface area contributed by atoms with Crippen LogP contribution in [0.4, 0.5) is 0 Å². The Morgan fingerprint density at radius 2 is 1.91 bits per heavy atom. The van der Waals surface area contributed by atoms with Gasteiger partial charge in [0, 0.05) is 13.2 Å². The fraction of sp³-hybridized carbons (Fsp3) is 0.714. The lowest BCUT2D eigenvalue weighted by Gasteiger charge is -2.18. The van der Waals surface area contributed by atoms with E-state index in [1.54, 1.807) is 0 Å². The summed E-state index contributed by atoms with van der Waals surface area (Å²) in [5.74, 6) is -0.428. The van der Waals surface area contributed by atoms with Gasteiger partial charge in [0.05, 0.1) is 0 Å². The van der Waals surface area contributed by atoms with Crippen LogP contribution >= 0.6 is 0 Å². The molecule has 0 heterocycles. The van der Waals surface area contributed by atoms with Gasteiger partial charge in [-0.3, -0.25) is 0 Å². The first-order valence-electron chi connectivity index (χ1n) is 3.80. The summed E-state index contributed by atoms with van der Waals surface area (Å²) in [7, 11) is -2.01. The Labute approximate surface area is 69.4 Å². The Balaban J connectivity index is 3.75. The first-order valence-corrected chi connectivity index (χ1v) is 5.65. The van der Waals surface area contributed by atoms with Crippen molar-refractivity contribution in [3.63, 3.8) is 0 Å². The zero-order valence-electron chi connectivity index (χ0n) is 7.12. The van der Waals surface area contributed by atoms with Gasteiger partial charge in [0.25, 0.3) is 9.04 Å². The van der Waals surface area contributed by atoms with Crippen molar-refractivity contribution in [2.45, 2.75) is 19.8 Å². The molecule has 0 fully saturated rings. The maximum absolute atomic E-state index is 9.35. The van der Waals surface area contributed by atoms with Crippen LogP contribution in [0.15, 0.2) is 12.3 Å². The molecule has 66 valence electrons. The summed E-state index contributed by atoms with van der Waals surface area (Å²) in [6.07, 6.45) is 0. The molecule has 0 aromatic heterocycles. The van der Waals surface area contributed by atoms with E-state index in [1.807, 2.05) is 13.8 Å². The lowest BCUT2D eigenvalue weighted by Crippen LogP contribution is -2.34. The topological polar surface area (TPSA) is 38.7 Å². The monoisotopic (exact) mass is 176 g/mol. The van der Waals surface area contributed by atoms with Crippen LogP contribution in [0.1, 0.15) is 13.8 Å². The van der Waals surface area contributed by atoms with E-state index >= 15 is 0 Å². The van der Waals surface area contributed by atoms with Crippen molar-refractivity contribution >= 4 is 9.04 Å². The molecule has 0 radical (unpaired) electrons. The third-order valence-electron chi connectivity index (χ3n) is 1.18. The molecule has 0 aromatic rings. The van der Waals surface area contributed by atoms with E-state index in [9.17, 15) is 4.80 Å². The third kappa shape index (κ3) is 4.31. The number of rotatable bonds is 6. The zero-order chi connectivity index (χ0) is 8.69. The second-order valence-electron chi connectivity index (χ2n) is 2.01. The summed E-state index contributed by atoms with van der Waals surface area (Å²) in [5.41, 5.74) is 1.54. The summed E-state index contributed by atoms with van der Waals surface area (Å²) in [6, 6.07) is 0. The van der Waals surface area contributed by atoms with Crippen LogP contribution in [0.5, 0.6) is 0 Å². The normalized spacial score (nSPS) is 13.5. The summed E-state index contributed by atoms with van der Waals surface area (Å²) >= 11 is 0. The molecule has 0 aromatic carbocycles. The Hall–Kier alpha value is -0.163. The molecule has 0 bridgehead atoms. The van der Waals surface area contributed by atoms with E-state index in [0.29, 0.717) is 13.2 Å². The minimum absolute atomic E-state index is 0.428. The van der Waals surface area contributed by atoms with Gasteiger partial charge in [-0.25, -0.2) is 0 Å². The second-order valence-corrected chi connectivity index (χ2v) is 4.00. The van der Waals surface area contributed by atoms with Crippen molar-refractivity contribution in [2.24, 2.45) is 0 Å². The maximum atomic E-state index is 9.35. The standard InChI is InChI=1S/C7H16O3Si/c1-4-9-7(10-5-2)11(8)6-3/h6-8,11H,3-5H2,1-2H3. The molecule has 0 saturated heterocycles. The van der Waals surface area contributed by atoms with Crippen LogP contribution in [0.25, 0.3) is 0 Å². The van der Waals surface area contributed by atoms with Crippen LogP contribution in [0.2, 0.25) is 0 Å². The predicted octanol–water partition coefficient (Wildman–Crippen LogP) is 0.366. The fourth-order valence-electron chi connectivity index (χ4n) is 0.685. The molecule has 1 N–H and O–H groups in total. The van der Waals surface area contributed by atoms with Gasteiger partial charge in [-0.15, -0.1) is 6.58 Å². The van der Waals surface area contributed by atoms with Crippen LogP contribution in [-0.4, -0.2) is 33.0 Å². The highest BCUT2D eigenvalue weighted by Gasteiger charge is 2.18. The highest BCUT2D eigenvalue weighted by molar-refractivity contribution is 6.57. The smallest absolute Gasteiger partial charge is 0.258 e. The van der Waals surface area contributed by atoms with Crippen molar-refractivity contribution in [3.8, 4) is 0 Å². The van der Waals surface area contributed by atoms with Crippen molar-refractivity contribution in [2.75, 3.05) is 13.2 Å². The lowest BCUT2D eigenvalue weighted by molar-refractivity contribution is -0.0905. The largest absolute Gasteiger partial charge is 0.426 e. The van der Waals surface area contributed by atoms with Gasteiger partial charge in [0.15, 0.2) is 5.91 Å². The fourth-order valence-corrected chi connectivity index (χ4v) is 1.69. The van der Waals surface area contributed by atoms with E-state index in [-0.39, 0.29) is 0 Å². The summed E-state index contributed by atoms with van der Waals surface area (Å²) in [5, 5.41) is 0. The molecular formula is C7H16O3Si. The average Bonchev–Trinajstić information content (AvgIpc) is 2.03. The lowest BCUT2D eigenvalue weighted by atomic mass is 10.8. The summed E-state index contributed by atoms with van der Waals surface area (Å²) in [4.78, 5) is 9.35. The maximum Gasteiger partial charge on any atom is 0.258 e. The Kier molecular flexibility index (Phi) is 6.44.